The van der Waals surface area contributed by atoms with Crippen molar-refractivity contribution in [3.05, 3.63) is 33.3 Å². The maximum atomic E-state index is 10.6. The van der Waals surface area contributed by atoms with Gasteiger partial charge in [-0.25, -0.2) is 0 Å². The van der Waals surface area contributed by atoms with Crippen molar-refractivity contribution in [2.24, 2.45) is 5.41 Å². The van der Waals surface area contributed by atoms with E-state index in [4.69, 9.17) is 16.3 Å². The lowest BCUT2D eigenvalue weighted by Crippen LogP contribution is -2.33. The zero-order valence-electron chi connectivity index (χ0n) is 10.8. The monoisotopic (exact) mass is 284 g/mol. The van der Waals surface area contributed by atoms with Crippen LogP contribution in [0.25, 0.3) is 0 Å². The van der Waals surface area contributed by atoms with Gasteiger partial charge in [-0.05, 0) is 24.3 Å². The number of ether oxygens (including phenoxy) is 1. The lowest BCUT2D eigenvalue weighted by atomic mass is 9.82. The van der Waals surface area contributed by atoms with Crippen LogP contribution in [0.15, 0.2) is 18.2 Å². The third-order valence-corrected chi connectivity index (χ3v) is 3.88. The SMILES string of the molecule is CC1(CNc2ccc([N+](=O)[O-])cc2Cl)CCOCC1. The highest BCUT2D eigenvalue weighted by Gasteiger charge is 2.27. The van der Waals surface area contributed by atoms with Gasteiger partial charge >= 0.3 is 0 Å². The van der Waals surface area contributed by atoms with Crippen molar-refractivity contribution in [1.29, 1.82) is 0 Å². The van der Waals surface area contributed by atoms with Gasteiger partial charge in [0.2, 0.25) is 0 Å². The summed E-state index contributed by atoms with van der Waals surface area (Å²) in [6.45, 7) is 4.56. The maximum Gasteiger partial charge on any atom is 0.271 e. The van der Waals surface area contributed by atoms with E-state index < -0.39 is 4.92 Å². The lowest BCUT2D eigenvalue weighted by molar-refractivity contribution is -0.384. The van der Waals surface area contributed by atoms with Gasteiger partial charge in [-0.3, -0.25) is 10.1 Å². The van der Waals surface area contributed by atoms with Gasteiger partial charge < -0.3 is 10.1 Å². The molecule has 0 radical (unpaired) electrons. The molecule has 0 unspecified atom stereocenters. The Morgan fingerprint density at radius 3 is 2.74 bits per heavy atom. The summed E-state index contributed by atoms with van der Waals surface area (Å²) < 4.78 is 5.35. The summed E-state index contributed by atoms with van der Waals surface area (Å²) in [6.07, 6.45) is 2.01. The molecular weight excluding hydrogens is 268 g/mol. The highest BCUT2D eigenvalue weighted by Crippen LogP contribution is 2.32. The van der Waals surface area contributed by atoms with E-state index in [9.17, 15) is 10.1 Å². The second-order valence-electron chi connectivity index (χ2n) is 5.20. The van der Waals surface area contributed by atoms with E-state index in [1.54, 1.807) is 6.07 Å². The minimum atomic E-state index is -0.449. The second-order valence-corrected chi connectivity index (χ2v) is 5.61. The van der Waals surface area contributed by atoms with E-state index in [1.165, 1.54) is 12.1 Å². The number of anilines is 1. The fourth-order valence-electron chi connectivity index (χ4n) is 2.11. The third-order valence-electron chi connectivity index (χ3n) is 3.57. The van der Waals surface area contributed by atoms with Gasteiger partial charge in [-0.15, -0.1) is 0 Å². The Bertz CT molecular complexity index is 473. The first-order valence-corrected chi connectivity index (χ1v) is 6.64. The number of nitro groups is 1. The van der Waals surface area contributed by atoms with Gasteiger partial charge in [-0.2, -0.15) is 0 Å². The van der Waals surface area contributed by atoms with Crippen LogP contribution in [-0.2, 0) is 4.74 Å². The van der Waals surface area contributed by atoms with Crippen molar-refractivity contribution in [2.45, 2.75) is 19.8 Å². The van der Waals surface area contributed by atoms with Crippen LogP contribution >= 0.6 is 11.6 Å². The summed E-state index contributed by atoms with van der Waals surface area (Å²) in [5.41, 5.74) is 0.927. The Labute approximate surface area is 117 Å². The molecule has 5 nitrogen and oxygen atoms in total. The normalized spacial score (nSPS) is 18.0. The highest BCUT2D eigenvalue weighted by atomic mass is 35.5. The largest absolute Gasteiger partial charge is 0.383 e. The van der Waals surface area contributed by atoms with E-state index in [0.717, 1.165) is 38.3 Å². The van der Waals surface area contributed by atoms with Crippen LogP contribution in [0.2, 0.25) is 5.02 Å². The Morgan fingerprint density at radius 2 is 2.16 bits per heavy atom. The summed E-state index contributed by atoms with van der Waals surface area (Å²) in [5, 5.41) is 14.3. The summed E-state index contributed by atoms with van der Waals surface area (Å²) in [6, 6.07) is 4.49. The number of nitro benzene ring substituents is 1. The molecule has 6 heteroatoms. The quantitative estimate of drug-likeness (QED) is 0.679. The molecule has 2 rings (SSSR count). The Kier molecular flexibility index (Phi) is 4.27. The first-order valence-electron chi connectivity index (χ1n) is 6.26. The van der Waals surface area contributed by atoms with Crippen molar-refractivity contribution in [1.82, 2.24) is 0 Å². The van der Waals surface area contributed by atoms with Crippen molar-refractivity contribution < 1.29 is 9.66 Å². The first kappa shape index (κ1) is 14.1. The van der Waals surface area contributed by atoms with Gasteiger partial charge in [0, 0.05) is 31.9 Å². The Morgan fingerprint density at radius 1 is 1.47 bits per heavy atom. The van der Waals surface area contributed by atoms with E-state index in [0.29, 0.717) is 5.02 Å². The van der Waals surface area contributed by atoms with Crippen molar-refractivity contribution in [3.8, 4) is 0 Å². The third kappa shape index (κ3) is 3.58. The van der Waals surface area contributed by atoms with Gasteiger partial charge in [0.15, 0.2) is 0 Å². The molecule has 19 heavy (non-hydrogen) atoms. The molecule has 1 aromatic carbocycles. The molecule has 1 saturated heterocycles. The molecule has 1 N–H and O–H groups in total. The molecule has 1 aromatic rings. The molecular formula is C13H17ClN2O3. The van der Waals surface area contributed by atoms with Crippen LogP contribution in [0.4, 0.5) is 11.4 Å². The fraction of sp³-hybridized carbons (Fsp3) is 0.538. The number of non-ortho nitro benzene ring substituents is 1. The molecule has 0 saturated carbocycles. The van der Waals surface area contributed by atoms with Crippen LogP contribution in [0.5, 0.6) is 0 Å². The molecule has 1 aliphatic heterocycles. The van der Waals surface area contributed by atoms with Crippen LogP contribution in [0.1, 0.15) is 19.8 Å². The maximum absolute atomic E-state index is 10.6. The molecule has 104 valence electrons. The summed E-state index contributed by atoms with van der Waals surface area (Å²) >= 11 is 6.04. The van der Waals surface area contributed by atoms with E-state index >= 15 is 0 Å². The molecule has 0 atom stereocenters. The zero-order chi connectivity index (χ0) is 13.9. The number of rotatable bonds is 4. The average molecular weight is 285 g/mol. The second kappa shape index (κ2) is 5.75. The summed E-state index contributed by atoms with van der Waals surface area (Å²) in [4.78, 5) is 10.2. The molecule has 0 bridgehead atoms. The Balaban J connectivity index is 2.01. The Hall–Kier alpha value is -1.33. The van der Waals surface area contributed by atoms with Crippen LogP contribution < -0.4 is 5.32 Å². The molecule has 0 aromatic heterocycles. The number of halogens is 1. The molecule has 0 amide bonds. The van der Waals surface area contributed by atoms with Crippen LogP contribution in [0, 0.1) is 15.5 Å². The smallest absolute Gasteiger partial charge is 0.271 e. The lowest BCUT2D eigenvalue weighted by Gasteiger charge is -2.34. The number of nitrogens with zero attached hydrogens (tertiary/aromatic N) is 1. The molecule has 1 aliphatic rings. The van der Waals surface area contributed by atoms with E-state index in [2.05, 4.69) is 12.2 Å². The topological polar surface area (TPSA) is 64.4 Å². The number of benzene rings is 1. The number of hydrogen-bond acceptors (Lipinski definition) is 4. The van der Waals surface area contributed by atoms with Gasteiger partial charge in [-0.1, -0.05) is 18.5 Å². The first-order chi connectivity index (χ1) is 9.00. The predicted octanol–water partition coefficient (Wildman–Crippen LogP) is 3.48. The molecule has 0 spiro atoms. The molecule has 1 heterocycles. The molecule has 0 aliphatic carbocycles. The zero-order valence-corrected chi connectivity index (χ0v) is 11.6. The average Bonchev–Trinajstić information content (AvgIpc) is 2.38. The van der Waals surface area contributed by atoms with Gasteiger partial charge in [0.05, 0.1) is 15.6 Å². The minimum absolute atomic E-state index is 0.00725. The number of hydrogen-bond donors (Lipinski definition) is 1. The van der Waals surface area contributed by atoms with Crippen LogP contribution in [-0.4, -0.2) is 24.7 Å². The molecule has 1 fully saturated rings. The van der Waals surface area contributed by atoms with Gasteiger partial charge in [0.1, 0.15) is 0 Å². The van der Waals surface area contributed by atoms with E-state index in [1.807, 2.05) is 0 Å². The van der Waals surface area contributed by atoms with E-state index in [-0.39, 0.29) is 11.1 Å². The highest BCUT2D eigenvalue weighted by molar-refractivity contribution is 6.33. The summed E-state index contributed by atoms with van der Waals surface area (Å²) in [7, 11) is 0. The summed E-state index contributed by atoms with van der Waals surface area (Å²) in [5.74, 6) is 0. The predicted molar refractivity (Wildman–Crippen MR) is 74.8 cm³/mol. The van der Waals surface area contributed by atoms with Crippen molar-refractivity contribution in [2.75, 3.05) is 25.1 Å². The standard InChI is InChI=1S/C13H17ClN2O3/c1-13(4-6-19-7-5-13)9-15-12-3-2-10(16(17)18)8-11(12)14/h2-3,8,15H,4-7,9H2,1H3. The van der Waals surface area contributed by atoms with Crippen molar-refractivity contribution >= 4 is 23.0 Å². The minimum Gasteiger partial charge on any atom is -0.383 e. The van der Waals surface area contributed by atoms with Crippen molar-refractivity contribution in [3.63, 3.8) is 0 Å². The van der Waals surface area contributed by atoms with Crippen LogP contribution in [0.3, 0.4) is 0 Å². The van der Waals surface area contributed by atoms with Gasteiger partial charge in [0.25, 0.3) is 5.69 Å². The number of nitrogens with one attached hydrogen (secondary N) is 1. The fourth-order valence-corrected chi connectivity index (χ4v) is 2.35.